The van der Waals surface area contributed by atoms with Crippen LogP contribution in [0.2, 0.25) is 0 Å². The molecule has 114 valence electrons. The number of rotatable bonds is 5. The number of nitrogens with one attached hydrogen (secondary N) is 1. The molecule has 7 nitrogen and oxygen atoms in total. The SMILES string of the molecule is CCNc1nc(OCC)nc(-n2cc(C(F)(F)F)cn2)n1. The van der Waals surface area contributed by atoms with Crippen LogP contribution in [0, 0.1) is 0 Å². The van der Waals surface area contributed by atoms with Gasteiger partial charge in [0, 0.05) is 12.7 Å². The number of halogens is 3. The zero-order valence-electron chi connectivity index (χ0n) is 11.3. The summed E-state index contributed by atoms with van der Waals surface area (Å²) in [5.74, 6) is 0.148. The molecule has 0 radical (unpaired) electrons. The van der Waals surface area contributed by atoms with E-state index in [1.807, 2.05) is 6.92 Å². The molecule has 2 heterocycles. The van der Waals surface area contributed by atoms with Crippen LogP contribution < -0.4 is 10.1 Å². The number of nitrogens with zero attached hydrogens (tertiary/aromatic N) is 5. The zero-order valence-corrected chi connectivity index (χ0v) is 11.3. The lowest BCUT2D eigenvalue weighted by Crippen LogP contribution is -2.11. The molecular formula is C11H13F3N6O. The average Bonchev–Trinajstić information content (AvgIpc) is 2.88. The molecule has 0 spiro atoms. The first-order chi connectivity index (χ1) is 9.94. The van der Waals surface area contributed by atoms with E-state index in [9.17, 15) is 13.2 Å². The van der Waals surface area contributed by atoms with Crippen LogP contribution in [0.5, 0.6) is 6.01 Å². The Bertz CT molecular complexity index is 588. The Labute approximate surface area is 118 Å². The molecule has 2 aromatic rings. The third kappa shape index (κ3) is 3.58. The van der Waals surface area contributed by atoms with E-state index in [0.717, 1.165) is 10.9 Å². The third-order valence-electron chi connectivity index (χ3n) is 2.33. The lowest BCUT2D eigenvalue weighted by molar-refractivity contribution is -0.137. The Morgan fingerprint density at radius 1 is 1.24 bits per heavy atom. The van der Waals surface area contributed by atoms with Crippen molar-refractivity contribution in [1.29, 1.82) is 0 Å². The summed E-state index contributed by atoms with van der Waals surface area (Å²) in [5, 5.41) is 6.46. The number of alkyl halides is 3. The summed E-state index contributed by atoms with van der Waals surface area (Å²) < 4.78 is 43.8. The van der Waals surface area contributed by atoms with E-state index in [0.29, 0.717) is 19.3 Å². The Kier molecular flexibility index (Phi) is 4.24. The first-order valence-electron chi connectivity index (χ1n) is 6.19. The van der Waals surface area contributed by atoms with E-state index >= 15 is 0 Å². The minimum absolute atomic E-state index is 0.0162. The maximum absolute atomic E-state index is 12.6. The predicted octanol–water partition coefficient (Wildman–Crippen LogP) is 1.91. The van der Waals surface area contributed by atoms with Gasteiger partial charge in [0.15, 0.2) is 0 Å². The van der Waals surface area contributed by atoms with Gasteiger partial charge in [-0.2, -0.15) is 33.2 Å². The highest BCUT2D eigenvalue weighted by Crippen LogP contribution is 2.28. The molecule has 0 unspecified atom stereocenters. The molecule has 2 rings (SSSR count). The average molecular weight is 302 g/mol. The zero-order chi connectivity index (χ0) is 15.5. The molecule has 0 saturated carbocycles. The molecule has 10 heteroatoms. The quantitative estimate of drug-likeness (QED) is 0.909. The highest BCUT2D eigenvalue weighted by Gasteiger charge is 2.32. The monoisotopic (exact) mass is 302 g/mol. The van der Waals surface area contributed by atoms with Crippen molar-refractivity contribution in [3.8, 4) is 12.0 Å². The van der Waals surface area contributed by atoms with Gasteiger partial charge in [0.1, 0.15) is 0 Å². The Balaban J connectivity index is 2.39. The molecule has 2 aromatic heterocycles. The number of aromatic nitrogens is 5. The van der Waals surface area contributed by atoms with Gasteiger partial charge in [-0.15, -0.1) is 0 Å². The van der Waals surface area contributed by atoms with E-state index < -0.39 is 11.7 Å². The van der Waals surface area contributed by atoms with Gasteiger partial charge in [-0.1, -0.05) is 0 Å². The van der Waals surface area contributed by atoms with Gasteiger partial charge in [0.2, 0.25) is 5.95 Å². The van der Waals surface area contributed by atoms with Gasteiger partial charge in [-0.25, -0.2) is 4.68 Å². The first-order valence-corrected chi connectivity index (χ1v) is 6.19. The number of ether oxygens (including phenoxy) is 1. The van der Waals surface area contributed by atoms with Crippen LogP contribution >= 0.6 is 0 Å². The molecule has 0 bridgehead atoms. The molecule has 21 heavy (non-hydrogen) atoms. The minimum Gasteiger partial charge on any atom is -0.464 e. The smallest absolute Gasteiger partial charge is 0.419 e. The van der Waals surface area contributed by atoms with Crippen molar-refractivity contribution in [3.63, 3.8) is 0 Å². The first kappa shape index (κ1) is 15.0. The minimum atomic E-state index is -4.47. The van der Waals surface area contributed by atoms with Gasteiger partial charge < -0.3 is 10.1 Å². The van der Waals surface area contributed by atoms with Crippen molar-refractivity contribution < 1.29 is 17.9 Å². The fraction of sp³-hybridized carbons (Fsp3) is 0.455. The van der Waals surface area contributed by atoms with E-state index in [4.69, 9.17) is 4.74 Å². The van der Waals surface area contributed by atoms with Crippen molar-refractivity contribution >= 4 is 5.95 Å². The van der Waals surface area contributed by atoms with Gasteiger partial charge in [0.05, 0.1) is 18.4 Å². The Morgan fingerprint density at radius 2 is 2.00 bits per heavy atom. The molecule has 0 atom stereocenters. The fourth-order valence-corrected chi connectivity index (χ4v) is 1.46. The van der Waals surface area contributed by atoms with Crippen LogP contribution in [0.15, 0.2) is 12.4 Å². The largest absolute Gasteiger partial charge is 0.464 e. The van der Waals surface area contributed by atoms with Crippen molar-refractivity contribution in [2.24, 2.45) is 0 Å². The molecule has 0 aliphatic heterocycles. The summed E-state index contributed by atoms with van der Waals surface area (Å²) in [4.78, 5) is 11.9. The molecule has 0 saturated heterocycles. The Hall–Kier alpha value is -2.39. The van der Waals surface area contributed by atoms with Crippen molar-refractivity contribution in [1.82, 2.24) is 24.7 Å². The maximum atomic E-state index is 12.6. The van der Waals surface area contributed by atoms with Crippen molar-refractivity contribution in [2.75, 3.05) is 18.5 Å². The lowest BCUT2D eigenvalue weighted by atomic mass is 10.4. The van der Waals surface area contributed by atoms with Crippen LogP contribution in [-0.2, 0) is 6.18 Å². The second-order valence-electron chi connectivity index (χ2n) is 3.88. The number of anilines is 1. The molecule has 0 amide bonds. The molecular weight excluding hydrogens is 289 g/mol. The van der Waals surface area contributed by atoms with E-state index in [2.05, 4.69) is 25.4 Å². The summed E-state index contributed by atoms with van der Waals surface area (Å²) in [6.07, 6.45) is -2.96. The fourth-order valence-electron chi connectivity index (χ4n) is 1.46. The second kappa shape index (κ2) is 5.94. The van der Waals surface area contributed by atoms with Crippen molar-refractivity contribution in [3.05, 3.63) is 18.0 Å². The van der Waals surface area contributed by atoms with Crippen LogP contribution in [0.25, 0.3) is 5.95 Å². The third-order valence-corrected chi connectivity index (χ3v) is 2.33. The number of hydrogen-bond donors (Lipinski definition) is 1. The van der Waals surface area contributed by atoms with E-state index in [1.54, 1.807) is 6.92 Å². The normalized spacial score (nSPS) is 11.5. The highest BCUT2D eigenvalue weighted by atomic mass is 19.4. The van der Waals surface area contributed by atoms with E-state index in [-0.39, 0.29) is 17.9 Å². The highest BCUT2D eigenvalue weighted by molar-refractivity contribution is 5.30. The summed E-state index contributed by atoms with van der Waals surface area (Å²) >= 11 is 0. The molecule has 0 aliphatic carbocycles. The summed E-state index contributed by atoms with van der Waals surface area (Å²) in [5.41, 5.74) is -0.883. The van der Waals surface area contributed by atoms with Gasteiger partial charge >= 0.3 is 12.2 Å². The van der Waals surface area contributed by atoms with E-state index in [1.165, 1.54) is 0 Å². The van der Waals surface area contributed by atoms with Gasteiger partial charge in [-0.05, 0) is 13.8 Å². The maximum Gasteiger partial charge on any atom is 0.419 e. The standard InChI is InChI=1S/C11H13F3N6O/c1-3-15-8-17-9(19-10(18-8)21-4-2)20-6-7(5-16-20)11(12,13)14/h5-6H,3-4H2,1-2H3,(H,15,17,18,19). The van der Waals surface area contributed by atoms with Crippen LogP contribution in [0.4, 0.5) is 19.1 Å². The summed E-state index contributed by atoms with van der Waals surface area (Å²) in [6.45, 7) is 4.44. The lowest BCUT2D eigenvalue weighted by Gasteiger charge is -2.07. The summed E-state index contributed by atoms with van der Waals surface area (Å²) in [7, 11) is 0. The van der Waals surface area contributed by atoms with Crippen LogP contribution in [0.3, 0.4) is 0 Å². The second-order valence-corrected chi connectivity index (χ2v) is 3.88. The molecule has 0 aromatic carbocycles. The molecule has 1 N–H and O–H groups in total. The molecule has 0 aliphatic rings. The van der Waals surface area contributed by atoms with Gasteiger partial charge in [-0.3, -0.25) is 0 Å². The topological polar surface area (TPSA) is 77.8 Å². The number of hydrogen-bond acceptors (Lipinski definition) is 6. The van der Waals surface area contributed by atoms with Gasteiger partial charge in [0.25, 0.3) is 5.95 Å². The predicted molar refractivity (Wildman–Crippen MR) is 67.3 cm³/mol. The van der Waals surface area contributed by atoms with Crippen LogP contribution in [0.1, 0.15) is 19.4 Å². The van der Waals surface area contributed by atoms with Crippen molar-refractivity contribution in [2.45, 2.75) is 20.0 Å². The molecule has 0 fully saturated rings. The summed E-state index contributed by atoms with van der Waals surface area (Å²) in [6, 6.07) is 0.0162. The Morgan fingerprint density at radius 3 is 2.57 bits per heavy atom. The van der Waals surface area contributed by atoms with Crippen LogP contribution in [-0.4, -0.2) is 37.9 Å².